The number of fused-ring (bicyclic) bond motifs is 1. The molecule has 140 valence electrons. The summed E-state index contributed by atoms with van der Waals surface area (Å²) < 4.78 is 0.398. The number of anilines is 1. The monoisotopic (exact) mass is 409 g/mol. The molecule has 0 aromatic heterocycles. The zero-order valence-electron chi connectivity index (χ0n) is 14.6. The number of thiocarbonyl (C=S) groups is 1. The van der Waals surface area contributed by atoms with Gasteiger partial charge in [0.15, 0.2) is 0 Å². The minimum Gasteiger partial charge on any atom is -0.368 e. The first-order valence-corrected chi connectivity index (χ1v) is 9.71. The molecule has 0 aliphatic carbocycles. The average molecular weight is 409 g/mol. The Balaban J connectivity index is 1.74. The lowest BCUT2D eigenvalue weighted by atomic mass is 10.1. The van der Waals surface area contributed by atoms with Gasteiger partial charge in [0.2, 0.25) is 5.91 Å². The van der Waals surface area contributed by atoms with Crippen LogP contribution in [0.25, 0.3) is 5.57 Å². The Kier molecular flexibility index (Phi) is 4.74. The number of thioether (sulfide) groups is 1. The molecule has 28 heavy (non-hydrogen) atoms. The molecule has 6 nitrogen and oxygen atoms in total. The van der Waals surface area contributed by atoms with Crippen molar-refractivity contribution in [2.45, 2.75) is 6.54 Å². The highest BCUT2D eigenvalue weighted by atomic mass is 32.2. The van der Waals surface area contributed by atoms with Crippen molar-refractivity contribution < 1.29 is 14.4 Å². The summed E-state index contributed by atoms with van der Waals surface area (Å²) in [5.41, 5.74) is 7.68. The molecule has 0 atom stereocenters. The van der Waals surface area contributed by atoms with Crippen molar-refractivity contribution in [3.63, 3.8) is 0 Å². The number of rotatable bonds is 4. The Hall–Kier alpha value is -2.97. The summed E-state index contributed by atoms with van der Waals surface area (Å²) >= 11 is 6.51. The van der Waals surface area contributed by atoms with Gasteiger partial charge in [0, 0.05) is 5.56 Å². The number of amides is 3. The molecule has 3 amide bonds. The second-order valence-electron chi connectivity index (χ2n) is 6.32. The van der Waals surface area contributed by atoms with Crippen LogP contribution in [0.1, 0.15) is 11.1 Å². The number of carbonyl (C=O) groups is 3. The first-order chi connectivity index (χ1) is 13.5. The van der Waals surface area contributed by atoms with Gasteiger partial charge in [-0.2, -0.15) is 0 Å². The molecule has 0 saturated carbocycles. The van der Waals surface area contributed by atoms with Crippen LogP contribution in [0.3, 0.4) is 0 Å². The lowest BCUT2D eigenvalue weighted by Crippen LogP contribution is -2.36. The minimum atomic E-state index is -0.624. The van der Waals surface area contributed by atoms with Crippen molar-refractivity contribution in [2.75, 3.05) is 11.4 Å². The highest BCUT2D eigenvalue weighted by Crippen LogP contribution is 2.44. The second kappa shape index (κ2) is 7.21. The summed E-state index contributed by atoms with van der Waals surface area (Å²) in [4.78, 5) is 40.6. The summed E-state index contributed by atoms with van der Waals surface area (Å²) in [7, 11) is 0. The summed E-state index contributed by atoms with van der Waals surface area (Å²) in [6.07, 6.45) is 0. The van der Waals surface area contributed by atoms with Crippen LogP contribution >= 0.6 is 24.0 Å². The maximum absolute atomic E-state index is 13.1. The summed E-state index contributed by atoms with van der Waals surface area (Å²) in [6.45, 7) is 0.0901. The Labute approximate surface area is 171 Å². The number of carbonyl (C=O) groups excluding carboxylic acids is 3. The van der Waals surface area contributed by atoms with Crippen molar-refractivity contribution in [1.29, 1.82) is 0 Å². The number of nitrogens with zero attached hydrogens (tertiary/aromatic N) is 2. The average Bonchev–Trinajstić information content (AvgIpc) is 3.10. The van der Waals surface area contributed by atoms with Gasteiger partial charge in [0.05, 0.1) is 22.7 Å². The Bertz CT molecular complexity index is 1050. The number of para-hydroxylation sites is 1. The number of primary amides is 1. The molecular weight excluding hydrogens is 394 g/mol. The lowest BCUT2D eigenvalue weighted by molar-refractivity contribution is -0.122. The molecule has 1 fully saturated rings. The Morgan fingerprint density at radius 2 is 1.64 bits per heavy atom. The van der Waals surface area contributed by atoms with E-state index in [0.29, 0.717) is 22.1 Å². The molecule has 1 saturated heterocycles. The number of hydrogen-bond acceptors (Lipinski definition) is 5. The van der Waals surface area contributed by atoms with Crippen LogP contribution in [0.15, 0.2) is 59.5 Å². The predicted octanol–water partition coefficient (Wildman–Crippen LogP) is 2.29. The van der Waals surface area contributed by atoms with Crippen molar-refractivity contribution in [3.05, 3.63) is 70.6 Å². The van der Waals surface area contributed by atoms with Gasteiger partial charge in [0.1, 0.15) is 10.9 Å². The summed E-state index contributed by atoms with van der Waals surface area (Å²) in [5, 5.41) is 0. The molecule has 8 heteroatoms. The largest absolute Gasteiger partial charge is 0.368 e. The normalized spacial score (nSPS) is 18.8. The van der Waals surface area contributed by atoms with Gasteiger partial charge in [-0.15, -0.1) is 0 Å². The van der Waals surface area contributed by atoms with Crippen LogP contribution in [0, 0.1) is 0 Å². The van der Waals surface area contributed by atoms with Gasteiger partial charge in [-0.05, 0) is 11.6 Å². The third-order valence-corrected chi connectivity index (χ3v) is 5.95. The van der Waals surface area contributed by atoms with Crippen molar-refractivity contribution in [3.8, 4) is 0 Å². The van der Waals surface area contributed by atoms with E-state index in [-0.39, 0.29) is 22.9 Å². The molecular formula is C20H15N3O3S2. The molecule has 2 heterocycles. The minimum absolute atomic E-state index is 0.246. The molecule has 2 aliphatic heterocycles. The first-order valence-electron chi connectivity index (χ1n) is 8.49. The Morgan fingerprint density at radius 3 is 2.36 bits per heavy atom. The third kappa shape index (κ3) is 3.10. The lowest BCUT2D eigenvalue weighted by Gasteiger charge is -2.15. The fourth-order valence-corrected chi connectivity index (χ4v) is 4.59. The van der Waals surface area contributed by atoms with Gasteiger partial charge in [-0.1, -0.05) is 72.5 Å². The SMILES string of the molecule is NC(=O)CN1C(=O)/C(=C2\SC(=S)N(Cc3ccccc3)C2=O)c2ccccc21. The van der Waals surface area contributed by atoms with E-state index in [1.165, 1.54) is 9.80 Å². The molecule has 0 unspecified atom stereocenters. The van der Waals surface area contributed by atoms with E-state index in [1.807, 2.05) is 30.3 Å². The molecule has 0 spiro atoms. The highest BCUT2D eigenvalue weighted by Gasteiger charge is 2.42. The molecule has 0 bridgehead atoms. The van der Waals surface area contributed by atoms with E-state index >= 15 is 0 Å². The first kappa shape index (κ1) is 18.4. The smallest absolute Gasteiger partial charge is 0.267 e. The second-order valence-corrected chi connectivity index (χ2v) is 7.97. The maximum Gasteiger partial charge on any atom is 0.267 e. The zero-order chi connectivity index (χ0) is 19.8. The molecule has 2 aromatic carbocycles. The van der Waals surface area contributed by atoms with Gasteiger partial charge < -0.3 is 5.73 Å². The number of hydrogen-bond donors (Lipinski definition) is 1. The van der Waals surface area contributed by atoms with E-state index in [0.717, 1.165) is 17.3 Å². The van der Waals surface area contributed by atoms with E-state index in [1.54, 1.807) is 24.3 Å². The standard InChI is InChI=1S/C20H15N3O3S2/c21-15(24)11-22-14-9-5-4-8-13(14)16(18(22)25)17-19(26)23(20(27)28-17)10-12-6-2-1-3-7-12/h1-9H,10-11H2,(H2,21,24)/b17-16-. The Morgan fingerprint density at radius 1 is 0.964 bits per heavy atom. The zero-order valence-corrected chi connectivity index (χ0v) is 16.3. The third-order valence-electron chi connectivity index (χ3n) is 4.50. The van der Waals surface area contributed by atoms with Gasteiger partial charge in [0.25, 0.3) is 11.8 Å². The summed E-state index contributed by atoms with van der Waals surface area (Å²) in [5.74, 6) is -1.35. The van der Waals surface area contributed by atoms with Crippen LogP contribution in [-0.2, 0) is 20.9 Å². The van der Waals surface area contributed by atoms with E-state index < -0.39 is 11.8 Å². The van der Waals surface area contributed by atoms with E-state index in [2.05, 4.69) is 0 Å². The quantitative estimate of drug-likeness (QED) is 0.619. The van der Waals surface area contributed by atoms with Gasteiger partial charge in [-0.3, -0.25) is 24.2 Å². The molecule has 2 N–H and O–H groups in total. The fraction of sp³-hybridized carbons (Fsp3) is 0.100. The van der Waals surface area contributed by atoms with E-state index in [4.69, 9.17) is 18.0 Å². The van der Waals surface area contributed by atoms with Gasteiger partial charge >= 0.3 is 0 Å². The van der Waals surface area contributed by atoms with E-state index in [9.17, 15) is 14.4 Å². The number of benzene rings is 2. The molecule has 2 aliphatic rings. The maximum atomic E-state index is 13.1. The van der Waals surface area contributed by atoms with Crippen molar-refractivity contribution >= 4 is 57.3 Å². The van der Waals surface area contributed by atoms with Crippen molar-refractivity contribution in [2.24, 2.45) is 5.73 Å². The fourth-order valence-electron chi connectivity index (χ4n) is 3.26. The van der Waals surface area contributed by atoms with Crippen LogP contribution in [0.2, 0.25) is 0 Å². The predicted molar refractivity (Wildman–Crippen MR) is 112 cm³/mol. The van der Waals surface area contributed by atoms with Crippen LogP contribution in [0.4, 0.5) is 5.69 Å². The number of nitrogens with two attached hydrogens (primary N) is 1. The highest BCUT2D eigenvalue weighted by molar-refractivity contribution is 8.26. The molecule has 4 rings (SSSR count). The molecule has 0 radical (unpaired) electrons. The van der Waals surface area contributed by atoms with Crippen LogP contribution in [-0.4, -0.2) is 33.5 Å². The topological polar surface area (TPSA) is 83.7 Å². The molecule has 2 aromatic rings. The van der Waals surface area contributed by atoms with Crippen LogP contribution in [0.5, 0.6) is 0 Å². The van der Waals surface area contributed by atoms with Crippen molar-refractivity contribution in [1.82, 2.24) is 4.90 Å². The van der Waals surface area contributed by atoms with Gasteiger partial charge in [-0.25, -0.2) is 0 Å². The van der Waals surface area contributed by atoms with Crippen LogP contribution < -0.4 is 10.6 Å². The summed E-state index contributed by atoms with van der Waals surface area (Å²) in [6, 6.07) is 16.5.